The third-order valence-electron chi connectivity index (χ3n) is 3.01. The Morgan fingerprint density at radius 3 is 2.44 bits per heavy atom. The van der Waals surface area contributed by atoms with Crippen LogP contribution in [0.2, 0.25) is 0 Å². The Hall–Kier alpha value is -1.39. The largest absolute Gasteiger partial charge is 0.212 e. The first kappa shape index (κ1) is 13.1. The molecule has 0 radical (unpaired) electrons. The molecule has 2 aromatic carbocycles. The molecule has 0 aliphatic rings. The molecule has 2 aromatic rings. The van der Waals surface area contributed by atoms with Gasteiger partial charge in [-0.25, -0.2) is 13.1 Å². The topological polar surface area (TPSA) is 46.2 Å². The summed E-state index contributed by atoms with van der Waals surface area (Å²) in [6.45, 7) is 3.49. The van der Waals surface area contributed by atoms with Crippen LogP contribution in [0.1, 0.15) is 25.5 Å². The van der Waals surface area contributed by atoms with Gasteiger partial charge in [0.05, 0.1) is 5.75 Å². The highest BCUT2D eigenvalue weighted by Crippen LogP contribution is 2.20. The zero-order chi connectivity index (χ0) is 13.2. The van der Waals surface area contributed by atoms with E-state index in [1.807, 2.05) is 49.4 Å². The van der Waals surface area contributed by atoms with Gasteiger partial charge in [-0.05, 0) is 36.2 Å². The number of hydrogen-bond acceptors (Lipinski definition) is 2. The van der Waals surface area contributed by atoms with Crippen LogP contribution >= 0.6 is 0 Å². The van der Waals surface area contributed by atoms with Crippen molar-refractivity contribution in [3.8, 4) is 0 Å². The fourth-order valence-corrected chi connectivity index (χ4v) is 2.74. The van der Waals surface area contributed by atoms with Crippen molar-refractivity contribution in [2.75, 3.05) is 5.75 Å². The van der Waals surface area contributed by atoms with Crippen LogP contribution < -0.4 is 4.72 Å². The lowest BCUT2D eigenvalue weighted by Crippen LogP contribution is -2.28. The van der Waals surface area contributed by atoms with Gasteiger partial charge >= 0.3 is 0 Å². The Labute approximate surface area is 108 Å². The SMILES string of the molecule is CCS(=O)(=O)N[C@@H](C)c1ccc2ccccc2c1. The molecule has 4 heteroatoms. The minimum absolute atomic E-state index is 0.102. The summed E-state index contributed by atoms with van der Waals surface area (Å²) in [5.41, 5.74) is 0.978. The van der Waals surface area contributed by atoms with E-state index in [1.165, 1.54) is 0 Å². The quantitative estimate of drug-likeness (QED) is 0.922. The van der Waals surface area contributed by atoms with Gasteiger partial charge in [-0.3, -0.25) is 0 Å². The van der Waals surface area contributed by atoms with Gasteiger partial charge in [0.15, 0.2) is 0 Å². The van der Waals surface area contributed by atoms with Gasteiger partial charge in [0.25, 0.3) is 0 Å². The normalized spacial score (nSPS) is 13.7. The lowest BCUT2D eigenvalue weighted by atomic mass is 10.0. The molecule has 0 saturated carbocycles. The van der Waals surface area contributed by atoms with Crippen LogP contribution in [-0.4, -0.2) is 14.2 Å². The Bertz CT molecular complexity index is 650. The second kappa shape index (κ2) is 5.08. The fourth-order valence-electron chi connectivity index (χ4n) is 1.90. The Morgan fingerprint density at radius 2 is 1.78 bits per heavy atom. The van der Waals surface area contributed by atoms with Crippen LogP contribution in [0.25, 0.3) is 10.8 Å². The van der Waals surface area contributed by atoms with Crippen molar-refractivity contribution in [1.29, 1.82) is 0 Å². The fraction of sp³-hybridized carbons (Fsp3) is 0.286. The third-order valence-corrected chi connectivity index (χ3v) is 4.48. The highest BCUT2D eigenvalue weighted by atomic mass is 32.2. The molecule has 0 amide bonds. The average molecular weight is 263 g/mol. The molecule has 96 valence electrons. The van der Waals surface area contributed by atoms with Gasteiger partial charge in [-0.2, -0.15) is 0 Å². The lowest BCUT2D eigenvalue weighted by molar-refractivity contribution is 0.568. The molecule has 0 spiro atoms. The van der Waals surface area contributed by atoms with Crippen molar-refractivity contribution in [2.45, 2.75) is 19.9 Å². The number of rotatable bonds is 4. The summed E-state index contributed by atoms with van der Waals surface area (Å²) in [6.07, 6.45) is 0. The van der Waals surface area contributed by atoms with Crippen LogP contribution in [0.4, 0.5) is 0 Å². The number of nitrogens with one attached hydrogen (secondary N) is 1. The van der Waals surface area contributed by atoms with E-state index in [0.29, 0.717) is 0 Å². The van der Waals surface area contributed by atoms with Gasteiger partial charge in [-0.1, -0.05) is 36.4 Å². The van der Waals surface area contributed by atoms with Gasteiger partial charge in [-0.15, -0.1) is 0 Å². The average Bonchev–Trinajstić information content (AvgIpc) is 2.37. The molecule has 0 aliphatic heterocycles. The zero-order valence-electron chi connectivity index (χ0n) is 10.6. The van der Waals surface area contributed by atoms with E-state index in [-0.39, 0.29) is 11.8 Å². The molecule has 0 unspecified atom stereocenters. The molecule has 0 saturated heterocycles. The lowest BCUT2D eigenvalue weighted by Gasteiger charge is -2.14. The molecular weight excluding hydrogens is 246 g/mol. The van der Waals surface area contributed by atoms with Crippen molar-refractivity contribution in [3.63, 3.8) is 0 Å². The van der Waals surface area contributed by atoms with Gasteiger partial charge < -0.3 is 0 Å². The number of benzene rings is 2. The molecule has 0 aliphatic carbocycles. The minimum atomic E-state index is -3.17. The number of sulfonamides is 1. The second-order valence-electron chi connectivity index (χ2n) is 4.35. The van der Waals surface area contributed by atoms with Crippen molar-refractivity contribution in [1.82, 2.24) is 4.72 Å². The van der Waals surface area contributed by atoms with E-state index in [0.717, 1.165) is 16.3 Å². The summed E-state index contributed by atoms with van der Waals surface area (Å²) in [7, 11) is -3.17. The maximum atomic E-state index is 11.5. The molecule has 0 bridgehead atoms. The molecule has 0 aromatic heterocycles. The summed E-state index contributed by atoms with van der Waals surface area (Å²) < 4.78 is 25.7. The van der Waals surface area contributed by atoms with Crippen LogP contribution in [0.3, 0.4) is 0 Å². The summed E-state index contributed by atoms with van der Waals surface area (Å²) >= 11 is 0. The van der Waals surface area contributed by atoms with E-state index >= 15 is 0 Å². The van der Waals surface area contributed by atoms with Gasteiger partial charge in [0.1, 0.15) is 0 Å². The first-order valence-corrected chi connectivity index (χ1v) is 7.66. The number of fused-ring (bicyclic) bond motifs is 1. The number of hydrogen-bond donors (Lipinski definition) is 1. The molecule has 1 N–H and O–H groups in total. The molecule has 18 heavy (non-hydrogen) atoms. The monoisotopic (exact) mass is 263 g/mol. The molecule has 0 heterocycles. The van der Waals surface area contributed by atoms with Crippen molar-refractivity contribution >= 4 is 20.8 Å². The van der Waals surface area contributed by atoms with E-state index in [9.17, 15) is 8.42 Å². The van der Waals surface area contributed by atoms with E-state index < -0.39 is 10.0 Å². The van der Waals surface area contributed by atoms with E-state index in [4.69, 9.17) is 0 Å². The van der Waals surface area contributed by atoms with Crippen molar-refractivity contribution < 1.29 is 8.42 Å². The van der Waals surface area contributed by atoms with Crippen LogP contribution in [0.15, 0.2) is 42.5 Å². The Morgan fingerprint density at radius 1 is 1.11 bits per heavy atom. The Balaban J connectivity index is 2.31. The van der Waals surface area contributed by atoms with Crippen LogP contribution in [-0.2, 0) is 10.0 Å². The Kier molecular flexibility index (Phi) is 3.68. The molecule has 2 rings (SSSR count). The zero-order valence-corrected chi connectivity index (χ0v) is 11.4. The predicted octanol–water partition coefficient (Wildman–Crippen LogP) is 2.84. The summed E-state index contributed by atoms with van der Waals surface area (Å²) in [6, 6.07) is 13.8. The molecule has 1 atom stereocenters. The van der Waals surface area contributed by atoms with Crippen LogP contribution in [0, 0.1) is 0 Å². The highest BCUT2D eigenvalue weighted by molar-refractivity contribution is 7.89. The smallest absolute Gasteiger partial charge is 0.211 e. The first-order valence-electron chi connectivity index (χ1n) is 6.00. The highest BCUT2D eigenvalue weighted by Gasteiger charge is 2.13. The minimum Gasteiger partial charge on any atom is -0.212 e. The predicted molar refractivity (Wildman–Crippen MR) is 75.0 cm³/mol. The van der Waals surface area contributed by atoms with Crippen molar-refractivity contribution in [2.24, 2.45) is 0 Å². The molecule has 0 fully saturated rings. The summed E-state index contributed by atoms with van der Waals surface area (Å²) in [4.78, 5) is 0. The van der Waals surface area contributed by atoms with Crippen LogP contribution in [0.5, 0.6) is 0 Å². The van der Waals surface area contributed by atoms with E-state index in [1.54, 1.807) is 6.92 Å². The molecule has 3 nitrogen and oxygen atoms in total. The standard InChI is InChI=1S/C14H17NO2S/c1-3-18(16,17)15-11(2)13-9-8-12-6-4-5-7-14(12)10-13/h4-11,15H,3H2,1-2H3/t11-/m0/s1. The summed E-state index contributed by atoms with van der Waals surface area (Å²) in [5, 5.41) is 2.28. The maximum Gasteiger partial charge on any atom is 0.211 e. The van der Waals surface area contributed by atoms with Gasteiger partial charge in [0, 0.05) is 6.04 Å². The molecular formula is C14H17NO2S. The van der Waals surface area contributed by atoms with E-state index in [2.05, 4.69) is 4.72 Å². The first-order chi connectivity index (χ1) is 8.52. The maximum absolute atomic E-state index is 11.5. The van der Waals surface area contributed by atoms with Gasteiger partial charge in [0.2, 0.25) is 10.0 Å². The second-order valence-corrected chi connectivity index (χ2v) is 6.39. The van der Waals surface area contributed by atoms with Crippen molar-refractivity contribution in [3.05, 3.63) is 48.0 Å². The third kappa shape index (κ3) is 2.89. The summed E-state index contributed by atoms with van der Waals surface area (Å²) in [5.74, 6) is 0.102.